The number of aliphatic hydroxyl groups is 1. The summed E-state index contributed by atoms with van der Waals surface area (Å²) in [5.41, 5.74) is 1.17. The lowest BCUT2D eigenvalue weighted by molar-refractivity contribution is 0.0875. The molecule has 1 N–H and O–H groups in total. The van der Waals surface area contributed by atoms with E-state index in [1.807, 2.05) is 24.4 Å². The summed E-state index contributed by atoms with van der Waals surface area (Å²) in [6.45, 7) is 1.86. The highest BCUT2D eigenvalue weighted by Gasteiger charge is 2.02. The summed E-state index contributed by atoms with van der Waals surface area (Å²) < 4.78 is 12.6. The summed E-state index contributed by atoms with van der Waals surface area (Å²) in [4.78, 5) is 0. The SMILES string of the molecule is COc1ccc2c(ccn2CCOCCO)c1. The summed E-state index contributed by atoms with van der Waals surface area (Å²) in [6, 6.07) is 8.07. The van der Waals surface area contributed by atoms with Crippen LogP contribution in [0, 0.1) is 0 Å². The van der Waals surface area contributed by atoms with Crippen LogP contribution in [0.1, 0.15) is 0 Å². The maximum atomic E-state index is 8.61. The summed E-state index contributed by atoms with van der Waals surface area (Å²) in [6.07, 6.45) is 2.03. The fourth-order valence-corrected chi connectivity index (χ4v) is 1.83. The highest BCUT2D eigenvalue weighted by atomic mass is 16.5. The van der Waals surface area contributed by atoms with Gasteiger partial charge >= 0.3 is 0 Å². The van der Waals surface area contributed by atoms with E-state index in [4.69, 9.17) is 14.6 Å². The topological polar surface area (TPSA) is 43.6 Å². The summed E-state index contributed by atoms with van der Waals surface area (Å²) in [5, 5.41) is 9.77. The van der Waals surface area contributed by atoms with Crippen molar-refractivity contribution in [3.8, 4) is 5.75 Å². The van der Waals surface area contributed by atoms with Gasteiger partial charge in [0.1, 0.15) is 5.75 Å². The maximum absolute atomic E-state index is 8.61. The molecule has 92 valence electrons. The molecule has 17 heavy (non-hydrogen) atoms. The van der Waals surface area contributed by atoms with Crippen LogP contribution in [-0.2, 0) is 11.3 Å². The van der Waals surface area contributed by atoms with E-state index in [0.29, 0.717) is 13.2 Å². The number of ether oxygens (including phenoxy) is 2. The Labute approximate surface area is 100 Å². The summed E-state index contributed by atoms with van der Waals surface area (Å²) in [5.74, 6) is 0.867. The van der Waals surface area contributed by atoms with E-state index < -0.39 is 0 Å². The van der Waals surface area contributed by atoms with Crippen molar-refractivity contribution in [3.63, 3.8) is 0 Å². The number of hydrogen-bond acceptors (Lipinski definition) is 3. The minimum atomic E-state index is 0.0730. The van der Waals surface area contributed by atoms with Gasteiger partial charge in [0.2, 0.25) is 0 Å². The summed E-state index contributed by atoms with van der Waals surface area (Å²) in [7, 11) is 1.67. The number of fused-ring (bicyclic) bond motifs is 1. The van der Waals surface area contributed by atoms with Crippen molar-refractivity contribution in [2.45, 2.75) is 6.54 Å². The smallest absolute Gasteiger partial charge is 0.119 e. The van der Waals surface area contributed by atoms with Gasteiger partial charge in [-0.1, -0.05) is 0 Å². The first-order valence-corrected chi connectivity index (χ1v) is 5.66. The minimum Gasteiger partial charge on any atom is -0.497 e. The van der Waals surface area contributed by atoms with Crippen molar-refractivity contribution in [3.05, 3.63) is 30.5 Å². The maximum Gasteiger partial charge on any atom is 0.119 e. The molecule has 0 saturated carbocycles. The standard InChI is InChI=1S/C13H17NO3/c1-16-12-2-3-13-11(10-12)4-5-14(13)6-8-17-9-7-15/h2-5,10,15H,6-9H2,1H3. The predicted molar refractivity (Wildman–Crippen MR) is 66.4 cm³/mol. The molecular formula is C13H17NO3. The van der Waals surface area contributed by atoms with Gasteiger partial charge in [-0.05, 0) is 24.3 Å². The Bertz CT molecular complexity index is 478. The largest absolute Gasteiger partial charge is 0.497 e. The molecule has 0 aliphatic carbocycles. The van der Waals surface area contributed by atoms with Crippen molar-refractivity contribution in [2.75, 3.05) is 26.9 Å². The van der Waals surface area contributed by atoms with Gasteiger partial charge in [0, 0.05) is 23.6 Å². The number of aromatic nitrogens is 1. The fraction of sp³-hybridized carbons (Fsp3) is 0.385. The quantitative estimate of drug-likeness (QED) is 0.774. The highest BCUT2D eigenvalue weighted by molar-refractivity contribution is 5.81. The lowest BCUT2D eigenvalue weighted by Gasteiger charge is -2.06. The lowest BCUT2D eigenvalue weighted by atomic mass is 10.2. The molecular weight excluding hydrogens is 218 g/mol. The van der Waals surface area contributed by atoms with Gasteiger partial charge in [-0.3, -0.25) is 0 Å². The molecule has 4 heteroatoms. The molecule has 0 bridgehead atoms. The molecule has 2 aromatic rings. The first kappa shape index (κ1) is 12.0. The van der Waals surface area contributed by atoms with Crippen LogP contribution in [-0.4, -0.2) is 36.6 Å². The van der Waals surface area contributed by atoms with Crippen molar-refractivity contribution >= 4 is 10.9 Å². The third-order valence-corrected chi connectivity index (χ3v) is 2.69. The molecule has 1 heterocycles. The number of aliphatic hydroxyl groups excluding tert-OH is 1. The first-order chi connectivity index (χ1) is 8.35. The third kappa shape index (κ3) is 2.78. The molecule has 0 atom stereocenters. The van der Waals surface area contributed by atoms with Crippen LogP contribution < -0.4 is 4.74 Å². The van der Waals surface area contributed by atoms with Crippen molar-refractivity contribution in [2.24, 2.45) is 0 Å². The number of methoxy groups -OCH3 is 1. The van der Waals surface area contributed by atoms with E-state index in [0.717, 1.165) is 17.7 Å². The van der Waals surface area contributed by atoms with Gasteiger partial charge in [-0.15, -0.1) is 0 Å². The average Bonchev–Trinajstić information content (AvgIpc) is 2.77. The molecule has 0 aliphatic rings. The van der Waals surface area contributed by atoms with Crippen molar-refractivity contribution in [1.29, 1.82) is 0 Å². The van der Waals surface area contributed by atoms with E-state index >= 15 is 0 Å². The van der Waals surface area contributed by atoms with Crippen LogP contribution in [0.2, 0.25) is 0 Å². The molecule has 0 unspecified atom stereocenters. The Balaban J connectivity index is 2.08. The second-order valence-electron chi connectivity index (χ2n) is 3.77. The van der Waals surface area contributed by atoms with Crippen molar-refractivity contribution in [1.82, 2.24) is 4.57 Å². The second kappa shape index (κ2) is 5.70. The van der Waals surface area contributed by atoms with E-state index in [2.05, 4.69) is 10.6 Å². The van der Waals surface area contributed by atoms with Crippen LogP contribution in [0.5, 0.6) is 5.75 Å². The molecule has 2 rings (SSSR count). The zero-order chi connectivity index (χ0) is 12.1. The van der Waals surface area contributed by atoms with Crippen molar-refractivity contribution < 1.29 is 14.6 Å². The van der Waals surface area contributed by atoms with Gasteiger partial charge in [-0.2, -0.15) is 0 Å². The zero-order valence-electron chi connectivity index (χ0n) is 9.93. The van der Waals surface area contributed by atoms with Gasteiger partial charge in [0.15, 0.2) is 0 Å². The molecule has 0 saturated heterocycles. The van der Waals surface area contributed by atoms with E-state index in [1.165, 1.54) is 5.52 Å². The lowest BCUT2D eigenvalue weighted by Crippen LogP contribution is -2.07. The number of hydrogen-bond donors (Lipinski definition) is 1. The molecule has 1 aromatic heterocycles. The van der Waals surface area contributed by atoms with Gasteiger partial charge in [0.05, 0.1) is 26.9 Å². The second-order valence-corrected chi connectivity index (χ2v) is 3.77. The van der Waals surface area contributed by atoms with E-state index in [-0.39, 0.29) is 6.61 Å². The summed E-state index contributed by atoms with van der Waals surface area (Å²) >= 11 is 0. The van der Waals surface area contributed by atoms with Crippen LogP contribution in [0.3, 0.4) is 0 Å². The average molecular weight is 235 g/mol. The molecule has 0 radical (unpaired) electrons. The monoisotopic (exact) mass is 235 g/mol. The van der Waals surface area contributed by atoms with Crippen LogP contribution >= 0.6 is 0 Å². The van der Waals surface area contributed by atoms with E-state index in [1.54, 1.807) is 7.11 Å². The Morgan fingerprint density at radius 3 is 2.88 bits per heavy atom. The Morgan fingerprint density at radius 1 is 1.24 bits per heavy atom. The first-order valence-electron chi connectivity index (χ1n) is 5.66. The fourth-order valence-electron chi connectivity index (χ4n) is 1.83. The Hall–Kier alpha value is -1.52. The third-order valence-electron chi connectivity index (χ3n) is 2.69. The van der Waals surface area contributed by atoms with Crippen LogP contribution in [0.15, 0.2) is 30.5 Å². The number of nitrogens with zero attached hydrogens (tertiary/aromatic N) is 1. The minimum absolute atomic E-state index is 0.0730. The molecule has 0 fully saturated rings. The zero-order valence-corrected chi connectivity index (χ0v) is 9.93. The Kier molecular flexibility index (Phi) is 4.01. The molecule has 0 aliphatic heterocycles. The van der Waals surface area contributed by atoms with Crippen LogP contribution in [0.25, 0.3) is 10.9 Å². The number of rotatable bonds is 6. The van der Waals surface area contributed by atoms with E-state index in [9.17, 15) is 0 Å². The van der Waals surface area contributed by atoms with Gasteiger partial charge in [0.25, 0.3) is 0 Å². The molecule has 0 spiro atoms. The highest BCUT2D eigenvalue weighted by Crippen LogP contribution is 2.21. The molecule has 4 nitrogen and oxygen atoms in total. The van der Waals surface area contributed by atoms with Gasteiger partial charge < -0.3 is 19.1 Å². The van der Waals surface area contributed by atoms with Gasteiger partial charge in [-0.25, -0.2) is 0 Å². The predicted octanol–water partition coefficient (Wildman–Crippen LogP) is 1.66. The Morgan fingerprint density at radius 2 is 2.12 bits per heavy atom. The molecule has 0 amide bonds. The van der Waals surface area contributed by atoms with Crippen LogP contribution in [0.4, 0.5) is 0 Å². The number of benzene rings is 1. The molecule has 1 aromatic carbocycles. The normalized spacial score (nSPS) is 10.9.